The predicted octanol–water partition coefficient (Wildman–Crippen LogP) is 7.54. The Hall–Kier alpha value is -5.30. The molecular weight excluding hydrogens is 1140 g/mol. The molecule has 89 heavy (non-hydrogen) atoms. The number of unbranched alkanes of at least 4 members (excludes halogenated alkanes) is 1. The number of esters is 1. The smallest absolute Gasteiger partial charge is 0.407 e. The summed E-state index contributed by atoms with van der Waals surface area (Å²) in [6, 6.07) is 15.1. The first-order chi connectivity index (χ1) is 42.4. The van der Waals surface area contributed by atoms with Crippen molar-refractivity contribution in [3.63, 3.8) is 0 Å². The number of fused-ring (bicyclic) bond motifs is 7. The molecule has 2 aromatic carbocycles. The molecule has 4 unspecified atom stereocenters. The summed E-state index contributed by atoms with van der Waals surface area (Å²) in [7, 11) is 0. The first-order valence-electron chi connectivity index (χ1n) is 33.0. The van der Waals surface area contributed by atoms with Crippen LogP contribution in [0.2, 0.25) is 0 Å². The van der Waals surface area contributed by atoms with Crippen molar-refractivity contribution in [1.29, 1.82) is 0 Å². The molecule has 4 bridgehead atoms. The van der Waals surface area contributed by atoms with E-state index in [1.165, 1.54) is 9.80 Å². The van der Waals surface area contributed by atoms with Crippen LogP contribution in [0.5, 0.6) is 0 Å². The second-order valence-electron chi connectivity index (χ2n) is 28.5. The summed E-state index contributed by atoms with van der Waals surface area (Å²) in [6.45, 7) is 16.9. The normalized spacial score (nSPS) is 35.1. The summed E-state index contributed by atoms with van der Waals surface area (Å²) in [5, 5.41) is 8.62. The van der Waals surface area contributed by atoms with Crippen LogP contribution in [0.4, 0.5) is 4.79 Å². The van der Waals surface area contributed by atoms with Crippen molar-refractivity contribution in [2.45, 2.75) is 211 Å². The van der Waals surface area contributed by atoms with Gasteiger partial charge in [-0.05, 0) is 157 Å². The molecule has 13 rings (SSSR count). The lowest BCUT2D eigenvalue weighted by Crippen LogP contribution is -2.70. The fraction of sp³-hybridized carbons (Fsp3) is 0.731. The molecule has 0 aromatic heterocycles. The molecule has 3 aliphatic carbocycles. The van der Waals surface area contributed by atoms with Crippen molar-refractivity contribution in [2.24, 2.45) is 53.1 Å². The van der Waals surface area contributed by atoms with Gasteiger partial charge in [0.1, 0.15) is 24.8 Å². The van der Waals surface area contributed by atoms with E-state index in [2.05, 4.69) is 55.8 Å². The molecule has 2 spiro atoms. The maximum atomic E-state index is 14.9. The van der Waals surface area contributed by atoms with Gasteiger partial charge in [0.15, 0.2) is 23.8 Å². The summed E-state index contributed by atoms with van der Waals surface area (Å²) in [4.78, 5) is 113. The summed E-state index contributed by atoms with van der Waals surface area (Å²) in [5.41, 5.74) is 7.64. The van der Waals surface area contributed by atoms with Gasteiger partial charge in [-0.3, -0.25) is 24.0 Å². The molecule has 490 valence electrons. The van der Waals surface area contributed by atoms with Crippen LogP contribution in [0.15, 0.2) is 48.5 Å². The van der Waals surface area contributed by atoms with Gasteiger partial charge in [0.2, 0.25) is 35.2 Å². The molecule has 17 atom stereocenters. The molecule has 10 fully saturated rings. The minimum atomic E-state index is -1.03. The van der Waals surface area contributed by atoms with Crippen LogP contribution in [-0.2, 0) is 71.9 Å². The zero-order valence-electron chi connectivity index (χ0n) is 53.6. The van der Waals surface area contributed by atoms with Crippen LogP contribution in [0.3, 0.4) is 0 Å². The van der Waals surface area contributed by atoms with E-state index in [0.717, 1.165) is 60.8 Å². The van der Waals surface area contributed by atoms with Crippen LogP contribution in [-0.4, -0.2) is 157 Å². The van der Waals surface area contributed by atoms with E-state index < -0.39 is 95.5 Å². The number of nitrogens with two attached hydrogens (primary N) is 1. The first kappa shape index (κ1) is 65.2. The van der Waals surface area contributed by atoms with E-state index in [0.29, 0.717) is 44.1 Å². The lowest BCUT2D eigenvalue weighted by Gasteiger charge is -2.60. The second kappa shape index (κ2) is 26.4. The Morgan fingerprint density at radius 3 is 1.67 bits per heavy atom. The molecule has 2 aromatic rings. The van der Waals surface area contributed by atoms with Gasteiger partial charge in [0.25, 0.3) is 0 Å². The van der Waals surface area contributed by atoms with Crippen molar-refractivity contribution in [1.82, 2.24) is 25.8 Å². The van der Waals surface area contributed by atoms with Crippen molar-refractivity contribution < 1.29 is 76.7 Å². The minimum absolute atomic E-state index is 0.0191. The summed E-state index contributed by atoms with van der Waals surface area (Å²) in [5.74, 6) is -4.07. The Labute approximate surface area is 523 Å². The van der Waals surface area contributed by atoms with E-state index in [9.17, 15) is 28.8 Å². The maximum Gasteiger partial charge on any atom is 0.407 e. The zero-order valence-corrected chi connectivity index (χ0v) is 53.6. The Morgan fingerprint density at radius 2 is 1.16 bits per heavy atom. The van der Waals surface area contributed by atoms with Gasteiger partial charge in [-0.1, -0.05) is 76.2 Å². The average Bonchev–Trinajstić information content (AvgIpc) is 1.71. The molecular formula is C67H96N6O16. The summed E-state index contributed by atoms with van der Waals surface area (Å²) >= 11 is 0. The van der Waals surface area contributed by atoms with Gasteiger partial charge in [-0.15, -0.1) is 0 Å². The highest BCUT2D eigenvalue weighted by atomic mass is 17.3. The predicted molar refractivity (Wildman–Crippen MR) is 323 cm³/mol. The highest BCUT2D eigenvalue weighted by Gasteiger charge is 2.71. The van der Waals surface area contributed by atoms with Gasteiger partial charge < -0.3 is 59.9 Å². The molecule has 8 heterocycles. The van der Waals surface area contributed by atoms with Gasteiger partial charge in [0, 0.05) is 56.8 Å². The lowest BCUT2D eigenvalue weighted by atomic mass is 9.57. The number of amides is 5. The molecule has 2 saturated carbocycles. The maximum absolute atomic E-state index is 14.9. The van der Waals surface area contributed by atoms with E-state index in [-0.39, 0.29) is 106 Å². The quantitative estimate of drug-likeness (QED) is 0.0504. The minimum Gasteiger partial charge on any atom is -0.459 e. The fourth-order valence-electron chi connectivity index (χ4n) is 16.7. The van der Waals surface area contributed by atoms with Crippen LogP contribution in [0, 0.1) is 47.3 Å². The number of hydrogen-bond acceptors (Lipinski definition) is 17. The van der Waals surface area contributed by atoms with Gasteiger partial charge in [0.05, 0.1) is 31.6 Å². The Balaban J connectivity index is 0.766. The summed E-state index contributed by atoms with van der Waals surface area (Å²) < 4.78 is 38.3. The van der Waals surface area contributed by atoms with Gasteiger partial charge in [-0.2, -0.15) is 0 Å². The highest BCUT2D eigenvalue weighted by Crippen LogP contribution is 2.63. The topological polar surface area (TPSA) is 263 Å². The number of carbonyl (C=O) groups excluding carboxylic acids is 6. The third-order valence-corrected chi connectivity index (χ3v) is 21.4. The Morgan fingerprint density at radius 1 is 0.652 bits per heavy atom. The van der Waals surface area contributed by atoms with E-state index in [1.54, 1.807) is 20.8 Å². The summed E-state index contributed by atoms with van der Waals surface area (Å²) in [6.07, 6.45) is 4.35. The highest BCUT2D eigenvalue weighted by molar-refractivity contribution is 5.87. The number of ether oxygens (including phenoxy) is 6. The molecule has 5 N–H and O–H groups in total. The molecule has 22 heteroatoms. The van der Waals surface area contributed by atoms with Crippen molar-refractivity contribution in [2.75, 3.05) is 52.4 Å². The van der Waals surface area contributed by atoms with Gasteiger partial charge >= 0.3 is 12.1 Å². The number of benzene rings is 2. The third kappa shape index (κ3) is 13.2. The van der Waals surface area contributed by atoms with Crippen LogP contribution >= 0.6 is 0 Å². The standard InChI is InChI=1S/C67H96N6O16/c1-39-21-23-50-41(3)53(81-60-66(50)48(39)25-27-64(8,84-60)86-88-66)34-56(75)72(33-31-70-59(78)52(20-14-15-29-68)71-62(79)80-38-47-45-18-12-10-16-43(45)44-17-11-13-19-46(44)47)36-55(74)69-30-32-73(37-58(77)83-63(5,6)7)57(76)35-54-42(4)51-24-22-40(2)49-26-28-65(9)85-61(82-54)67(49,51)89-87-65/h10-13,16-19,39-42,47-54,60-61H,14-15,20-38,68H2,1-9H3,(H,69,74)(H,70,78)(H,71,79)/t39-,40-,41-,42-,48?,49?,50?,51?,52+,53-,54-,60-,61-,64+,65+,66-,67-/m1/s1. The number of carbonyl (C=O) groups is 6. The largest absolute Gasteiger partial charge is 0.459 e. The average molecular weight is 1240 g/mol. The van der Waals surface area contributed by atoms with E-state index >= 15 is 0 Å². The van der Waals surface area contributed by atoms with Crippen LogP contribution < -0.4 is 21.7 Å². The number of rotatable bonds is 22. The van der Waals surface area contributed by atoms with Crippen LogP contribution in [0.1, 0.15) is 163 Å². The second-order valence-corrected chi connectivity index (χ2v) is 28.5. The lowest BCUT2D eigenvalue weighted by molar-refractivity contribution is -0.571. The van der Waals surface area contributed by atoms with Crippen molar-refractivity contribution in [3.8, 4) is 11.1 Å². The molecule has 8 saturated heterocycles. The van der Waals surface area contributed by atoms with Crippen LogP contribution in [0.25, 0.3) is 11.1 Å². The van der Waals surface area contributed by atoms with Gasteiger partial charge in [-0.25, -0.2) is 24.3 Å². The van der Waals surface area contributed by atoms with Crippen molar-refractivity contribution >= 4 is 35.7 Å². The number of nitrogens with zero attached hydrogens (tertiary/aromatic N) is 2. The Bertz CT molecular complexity index is 2880. The van der Waals surface area contributed by atoms with Crippen molar-refractivity contribution in [3.05, 3.63) is 59.7 Å². The number of hydrogen-bond donors (Lipinski definition) is 4. The first-order valence-corrected chi connectivity index (χ1v) is 33.0. The molecule has 5 amide bonds. The van der Waals surface area contributed by atoms with E-state index in [4.69, 9.17) is 53.7 Å². The number of alkyl carbamates (subject to hydrolysis) is 1. The fourth-order valence-corrected chi connectivity index (χ4v) is 16.7. The van der Waals surface area contributed by atoms with E-state index in [1.807, 2.05) is 50.2 Å². The number of nitrogens with one attached hydrogen (secondary N) is 3. The molecule has 0 radical (unpaired) electrons. The zero-order chi connectivity index (χ0) is 63.2. The third-order valence-electron chi connectivity index (χ3n) is 21.4. The Kier molecular flexibility index (Phi) is 19.3. The molecule has 22 nitrogen and oxygen atoms in total. The SMILES string of the molecule is C[C@@H]1CCC2[C@@H](C)[C@@H](CC(=O)N(CCNC(=O)[C@H](CCCCN)NC(=O)OCC3c4ccccc4-c4ccccc43)CC(=O)NCCN(CC(=O)OC(C)(C)C)C(=O)C[C@H]3O[C@@H]4O[C@]5(C)CCC6[C@H](C)CCC([C@H]3C)[C@]64OO5)O[C@@H]3O[C@]4(C)CCC1[C@@]23OO4. The molecule has 11 aliphatic rings. The molecule has 8 aliphatic heterocycles. The monoisotopic (exact) mass is 1240 g/mol.